The van der Waals surface area contributed by atoms with Gasteiger partial charge in [-0.3, -0.25) is 4.99 Å². The molecule has 2 aromatic carbocycles. The Morgan fingerprint density at radius 2 is 1.70 bits per heavy atom. The molecule has 0 unspecified atom stereocenters. The van der Waals surface area contributed by atoms with Crippen molar-refractivity contribution in [2.75, 3.05) is 20.7 Å². The summed E-state index contributed by atoms with van der Waals surface area (Å²) in [6.45, 7) is 1.74. The van der Waals surface area contributed by atoms with Gasteiger partial charge in [-0.05, 0) is 35.2 Å². The number of nitrogens with zero attached hydrogens (tertiary/aromatic N) is 1. The molecule has 0 aliphatic carbocycles. The molecule has 27 heavy (non-hydrogen) atoms. The Labute approximate surface area is 157 Å². The molecular formula is C20H24F3N3O. The van der Waals surface area contributed by atoms with Gasteiger partial charge in [0.1, 0.15) is 0 Å². The summed E-state index contributed by atoms with van der Waals surface area (Å²) in [6.07, 6.45) is -3.70. The fraction of sp³-hybridized carbons (Fsp3) is 0.350. The third-order valence-electron chi connectivity index (χ3n) is 3.97. The quantitative estimate of drug-likeness (QED) is 0.569. The van der Waals surface area contributed by atoms with Gasteiger partial charge in [-0.2, -0.15) is 13.2 Å². The monoisotopic (exact) mass is 379 g/mol. The maximum absolute atomic E-state index is 12.6. The Hall–Kier alpha value is -2.54. The maximum Gasteiger partial charge on any atom is 0.416 e. The van der Waals surface area contributed by atoms with E-state index >= 15 is 0 Å². The van der Waals surface area contributed by atoms with Gasteiger partial charge in [0.2, 0.25) is 0 Å². The van der Waals surface area contributed by atoms with Gasteiger partial charge in [0.15, 0.2) is 5.96 Å². The molecular weight excluding hydrogens is 355 g/mol. The van der Waals surface area contributed by atoms with Crippen LogP contribution >= 0.6 is 0 Å². The summed E-state index contributed by atoms with van der Waals surface area (Å²) in [4.78, 5) is 4.16. The van der Waals surface area contributed by atoms with Gasteiger partial charge in [-0.1, -0.05) is 36.4 Å². The second kappa shape index (κ2) is 9.97. The van der Waals surface area contributed by atoms with Crippen LogP contribution in [0.5, 0.6) is 0 Å². The Morgan fingerprint density at radius 1 is 1.00 bits per heavy atom. The minimum atomic E-state index is -4.30. The normalized spacial score (nSPS) is 12.1. The number of halogens is 3. The van der Waals surface area contributed by atoms with E-state index in [1.165, 1.54) is 12.1 Å². The fourth-order valence-electron chi connectivity index (χ4n) is 2.59. The van der Waals surface area contributed by atoms with E-state index in [9.17, 15) is 13.2 Å². The third-order valence-corrected chi connectivity index (χ3v) is 3.97. The summed E-state index contributed by atoms with van der Waals surface area (Å²) in [7, 11) is 3.34. The van der Waals surface area contributed by atoms with E-state index in [-0.39, 0.29) is 0 Å². The first kappa shape index (κ1) is 20.8. The molecule has 0 aliphatic rings. The first-order chi connectivity index (χ1) is 12.9. The zero-order valence-corrected chi connectivity index (χ0v) is 15.4. The van der Waals surface area contributed by atoms with Gasteiger partial charge in [0, 0.05) is 27.2 Å². The lowest BCUT2D eigenvalue weighted by atomic mass is 10.1. The van der Waals surface area contributed by atoms with E-state index in [4.69, 9.17) is 4.74 Å². The van der Waals surface area contributed by atoms with Crippen molar-refractivity contribution in [3.63, 3.8) is 0 Å². The molecule has 4 nitrogen and oxygen atoms in total. The number of ether oxygens (including phenoxy) is 1. The van der Waals surface area contributed by atoms with Crippen molar-refractivity contribution < 1.29 is 17.9 Å². The average Bonchev–Trinajstić information content (AvgIpc) is 2.65. The van der Waals surface area contributed by atoms with Crippen LogP contribution in [0.15, 0.2) is 53.5 Å². The van der Waals surface area contributed by atoms with E-state index in [1.807, 2.05) is 18.2 Å². The molecule has 0 aromatic heterocycles. The number of guanidine groups is 1. The molecule has 0 heterocycles. The second-order valence-electron chi connectivity index (χ2n) is 6.05. The van der Waals surface area contributed by atoms with Gasteiger partial charge < -0.3 is 15.4 Å². The smallest absolute Gasteiger partial charge is 0.380 e. The molecule has 2 rings (SSSR count). The zero-order valence-electron chi connectivity index (χ0n) is 15.4. The van der Waals surface area contributed by atoms with Crippen LogP contribution in [-0.2, 0) is 30.5 Å². The molecule has 0 saturated heterocycles. The summed E-state index contributed by atoms with van der Waals surface area (Å²) < 4.78 is 42.8. The van der Waals surface area contributed by atoms with Gasteiger partial charge in [-0.25, -0.2) is 0 Å². The third kappa shape index (κ3) is 6.94. The van der Waals surface area contributed by atoms with Crippen LogP contribution in [0.2, 0.25) is 0 Å². The number of alkyl halides is 3. The van der Waals surface area contributed by atoms with Crippen molar-refractivity contribution in [2.24, 2.45) is 4.99 Å². The van der Waals surface area contributed by atoms with Crippen molar-refractivity contribution in [3.05, 3.63) is 70.8 Å². The van der Waals surface area contributed by atoms with E-state index in [1.54, 1.807) is 14.2 Å². The summed E-state index contributed by atoms with van der Waals surface area (Å²) in [5.41, 5.74) is 2.41. The van der Waals surface area contributed by atoms with Crippen molar-refractivity contribution >= 4 is 5.96 Å². The van der Waals surface area contributed by atoms with Crippen LogP contribution in [0.4, 0.5) is 13.2 Å². The van der Waals surface area contributed by atoms with E-state index in [0.717, 1.165) is 28.8 Å². The van der Waals surface area contributed by atoms with Crippen molar-refractivity contribution in [2.45, 2.75) is 25.7 Å². The van der Waals surface area contributed by atoms with E-state index < -0.39 is 11.7 Å². The highest BCUT2D eigenvalue weighted by molar-refractivity contribution is 5.79. The van der Waals surface area contributed by atoms with Gasteiger partial charge in [0.05, 0.1) is 12.2 Å². The molecule has 0 saturated carbocycles. The zero-order chi connectivity index (χ0) is 19.7. The Bertz CT molecular complexity index is 743. The number of hydrogen-bond donors (Lipinski definition) is 2. The van der Waals surface area contributed by atoms with Crippen molar-refractivity contribution in [1.29, 1.82) is 0 Å². The van der Waals surface area contributed by atoms with Crippen molar-refractivity contribution in [1.82, 2.24) is 10.6 Å². The Morgan fingerprint density at radius 3 is 2.33 bits per heavy atom. The second-order valence-corrected chi connectivity index (χ2v) is 6.05. The van der Waals surface area contributed by atoms with Crippen LogP contribution in [0.1, 0.15) is 22.3 Å². The molecule has 7 heteroatoms. The standard InChI is InChI=1S/C20H24F3N3O/c1-24-19(26-13-16-4-3-5-17(12-16)14-27-2)25-11-10-15-6-8-18(9-7-15)20(21,22)23/h3-9,12H,10-11,13-14H2,1-2H3,(H2,24,25,26). The molecule has 0 amide bonds. The molecule has 146 valence electrons. The molecule has 0 spiro atoms. The van der Waals surface area contributed by atoms with E-state index in [2.05, 4.69) is 21.7 Å². The number of methoxy groups -OCH3 is 1. The van der Waals surface area contributed by atoms with Gasteiger partial charge in [-0.15, -0.1) is 0 Å². The lowest BCUT2D eigenvalue weighted by Crippen LogP contribution is -2.37. The lowest BCUT2D eigenvalue weighted by molar-refractivity contribution is -0.137. The molecule has 0 fully saturated rings. The molecule has 2 aromatic rings. The highest BCUT2D eigenvalue weighted by Gasteiger charge is 2.29. The van der Waals surface area contributed by atoms with E-state index in [0.29, 0.717) is 32.1 Å². The number of nitrogens with one attached hydrogen (secondary N) is 2. The predicted molar refractivity (Wildman–Crippen MR) is 101 cm³/mol. The van der Waals surface area contributed by atoms with Crippen LogP contribution in [-0.4, -0.2) is 26.7 Å². The molecule has 2 N–H and O–H groups in total. The summed E-state index contributed by atoms with van der Waals surface area (Å²) in [5, 5.41) is 6.38. The average molecular weight is 379 g/mol. The van der Waals surface area contributed by atoms with Crippen LogP contribution < -0.4 is 10.6 Å². The first-order valence-electron chi connectivity index (χ1n) is 8.60. The minimum Gasteiger partial charge on any atom is -0.380 e. The summed E-state index contributed by atoms with van der Waals surface area (Å²) in [5.74, 6) is 0.638. The van der Waals surface area contributed by atoms with Crippen LogP contribution in [0, 0.1) is 0 Å². The number of benzene rings is 2. The van der Waals surface area contributed by atoms with Gasteiger partial charge in [0.25, 0.3) is 0 Å². The first-order valence-corrected chi connectivity index (χ1v) is 8.60. The lowest BCUT2D eigenvalue weighted by Gasteiger charge is -2.13. The number of aliphatic imine (C=N–C) groups is 1. The topological polar surface area (TPSA) is 45.7 Å². The molecule has 0 atom stereocenters. The largest absolute Gasteiger partial charge is 0.416 e. The maximum atomic E-state index is 12.6. The summed E-state index contributed by atoms with van der Waals surface area (Å²) in [6, 6.07) is 13.3. The van der Waals surface area contributed by atoms with Crippen molar-refractivity contribution in [3.8, 4) is 0 Å². The minimum absolute atomic E-state index is 0.563. The Balaban J connectivity index is 1.79. The highest BCUT2D eigenvalue weighted by Crippen LogP contribution is 2.29. The highest BCUT2D eigenvalue weighted by atomic mass is 19.4. The van der Waals surface area contributed by atoms with Gasteiger partial charge >= 0.3 is 6.18 Å². The molecule has 0 radical (unpaired) electrons. The molecule has 0 bridgehead atoms. The number of rotatable bonds is 7. The van der Waals surface area contributed by atoms with Crippen LogP contribution in [0.25, 0.3) is 0 Å². The Kier molecular flexibility index (Phi) is 7.67. The van der Waals surface area contributed by atoms with Crippen LogP contribution in [0.3, 0.4) is 0 Å². The fourth-order valence-corrected chi connectivity index (χ4v) is 2.59. The predicted octanol–water partition coefficient (Wildman–Crippen LogP) is 3.76. The number of hydrogen-bond acceptors (Lipinski definition) is 2. The molecule has 0 aliphatic heterocycles. The SMILES string of the molecule is CN=C(NCCc1ccc(C(F)(F)F)cc1)NCc1cccc(COC)c1. The summed E-state index contributed by atoms with van der Waals surface area (Å²) >= 11 is 0.